The predicted molar refractivity (Wildman–Crippen MR) is 102 cm³/mol. The molecule has 3 rings (SSSR count). The number of nitrogens with zero attached hydrogens (tertiary/aromatic N) is 3. The van der Waals surface area contributed by atoms with Crippen LogP contribution in [0.2, 0.25) is 5.02 Å². The molecule has 140 valence electrons. The summed E-state index contributed by atoms with van der Waals surface area (Å²) in [7, 11) is -2.02. The van der Waals surface area contributed by atoms with Gasteiger partial charge in [-0.1, -0.05) is 11.6 Å². The first-order valence-corrected chi connectivity index (χ1v) is 10.6. The summed E-state index contributed by atoms with van der Waals surface area (Å²) in [4.78, 5) is 0. The molecule has 0 atom stereocenters. The highest BCUT2D eigenvalue weighted by atomic mass is 35.5. The van der Waals surface area contributed by atoms with Gasteiger partial charge in [0.2, 0.25) is 0 Å². The van der Waals surface area contributed by atoms with Gasteiger partial charge in [0, 0.05) is 30.0 Å². The number of benzene rings is 1. The fourth-order valence-corrected chi connectivity index (χ4v) is 5.58. The Morgan fingerprint density at radius 3 is 2.96 bits per heavy atom. The Morgan fingerprint density at radius 1 is 1.38 bits per heavy atom. The van der Waals surface area contributed by atoms with Crippen LogP contribution < -0.4 is 4.72 Å². The average Bonchev–Trinajstić information content (AvgIpc) is 3.18. The van der Waals surface area contributed by atoms with Crippen LogP contribution in [-0.2, 0) is 27.8 Å². The quantitative estimate of drug-likeness (QED) is 0.572. The summed E-state index contributed by atoms with van der Waals surface area (Å²) in [6.07, 6.45) is 2.39. The van der Waals surface area contributed by atoms with Crippen LogP contribution in [0.5, 0.6) is 0 Å². The molecule has 2 aromatic heterocycles. The van der Waals surface area contributed by atoms with Crippen molar-refractivity contribution in [3.8, 4) is 0 Å². The number of aromatic nitrogens is 3. The first-order chi connectivity index (χ1) is 12.4. The molecular formula is C16H19ClN4O3S2. The van der Waals surface area contributed by atoms with E-state index in [0.29, 0.717) is 33.8 Å². The van der Waals surface area contributed by atoms with Gasteiger partial charge in [-0.2, -0.15) is 0 Å². The largest absolute Gasteiger partial charge is 0.385 e. The number of hydrogen-bond donors (Lipinski definition) is 1. The van der Waals surface area contributed by atoms with Gasteiger partial charge in [0.15, 0.2) is 0 Å². The number of aryl methyl sites for hydroxylation is 2. The number of thiophene rings is 1. The molecule has 2 heterocycles. The summed E-state index contributed by atoms with van der Waals surface area (Å²) < 4.78 is 36.2. The van der Waals surface area contributed by atoms with E-state index in [1.807, 2.05) is 10.6 Å². The molecular weight excluding hydrogens is 396 g/mol. The predicted octanol–water partition coefficient (Wildman–Crippen LogP) is 2.97. The van der Waals surface area contributed by atoms with E-state index < -0.39 is 10.0 Å². The topological polar surface area (TPSA) is 86.1 Å². The van der Waals surface area contributed by atoms with Crippen LogP contribution in [0.25, 0.3) is 10.1 Å². The second-order valence-electron chi connectivity index (χ2n) is 5.77. The van der Waals surface area contributed by atoms with E-state index in [1.54, 1.807) is 32.5 Å². The third-order valence-corrected chi connectivity index (χ3v) is 7.49. The Morgan fingerprint density at radius 2 is 2.19 bits per heavy atom. The normalized spacial score (nSPS) is 12.1. The van der Waals surface area contributed by atoms with Gasteiger partial charge in [0.05, 0.1) is 6.54 Å². The lowest BCUT2D eigenvalue weighted by Crippen LogP contribution is -2.25. The summed E-state index contributed by atoms with van der Waals surface area (Å²) in [5.74, 6) is 0.562. The molecule has 0 radical (unpaired) electrons. The number of ether oxygens (including phenoxy) is 1. The van der Waals surface area contributed by atoms with Crippen molar-refractivity contribution in [2.75, 3.05) is 13.7 Å². The number of methoxy groups -OCH3 is 1. The molecule has 0 unspecified atom stereocenters. The van der Waals surface area contributed by atoms with Crippen LogP contribution in [0.1, 0.15) is 17.8 Å². The molecule has 1 aromatic carbocycles. The van der Waals surface area contributed by atoms with Gasteiger partial charge in [0.1, 0.15) is 16.4 Å². The molecule has 0 aliphatic rings. The first kappa shape index (κ1) is 19.2. The number of rotatable bonds is 8. The molecule has 10 heteroatoms. The van der Waals surface area contributed by atoms with Crippen LogP contribution >= 0.6 is 22.9 Å². The third-order valence-electron chi connectivity index (χ3n) is 3.96. The van der Waals surface area contributed by atoms with E-state index in [4.69, 9.17) is 16.3 Å². The van der Waals surface area contributed by atoms with Crippen LogP contribution in [0.15, 0.2) is 28.7 Å². The molecule has 0 aliphatic carbocycles. The zero-order valence-electron chi connectivity index (χ0n) is 14.4. The molecule has 0 fully saturated rings. The lowest BCUT2D eigenvalue weighted by molar-refractivity contribution is 0.190. The highest BCUT2D eigenvalue weighted by Gasteiger charge is 2.22. The zero-order chi connectivity index (χ0) is 18.7. The summed E-state index contributed by atoms with van der Waals surface area (Å²) in [5.41, 5.74) is 0.696. The molecule has 1 N–H and O–H groups in total. The molecule has 26 heavy (non-hydrogen) atoms. The Bertz CT molecular complexity index is 1010. The van der Waals surface area contributed by atoms with Gasteiger partial charge in [-0.15, -0.1) is 21.5 Å². The first-order valence-electron chi connectivity index (χ1n) is 7.96. The minimum absolute atomic E-state index is 0.0732. The van der Waals surface area contributed by atoms with E-state index in [2.05, 4.69) is 14.9 Å². The Hall–Kier alpha value is -1.52. The molecule has 0 aliphatic heterocycles. The number of nitrogens with one attached hydrogen (secondary N) is 1. The summed E-state index contributed by atoms with van der Waals surface area (Å²) in [5, 5.41) is 9.30. The van der Waals surface area contributed by atoms with Crippen LogP contribution in [0, 0.1) is 6.92 Å². The molecule has 0 bridgehead atoms. The lowest BCUT2D eigenvalue weighted by Gasteiger charge is -2.08. The Labute approximate surface area is 161 Å². The minimum Gasteiger partial charge on any atom is -0.385 e. The smallest absolute Gasteiger partial charge is 0.250 e. The van der Waals surface area contributed by atoms with Gasteiger partial charge in [-0.25, -0.2) is 13.1 Å². The fourth-order valence-electron chi connectivity index (χ4n) is 2.63. The maximum Gasteiger partial charge on any atom is 0.250 e. The van der Waals surface area contributed by atoms with Crippen molar-refractivity contribution in [1.82, 2.24) is 19.5 Å². The highest BCUT2D eigenvalue weighted by Crippen LogP contribution is 2.35. The maximum absolute atomic E-state index is 12.8. The molecule has 3 aromatic rings. The maximum atomic E-state index is 12.8. The van der Waals surface area contributed by atoms with Crippen molar-refractivity contribution in [3.05, 3.63) is 40.9 Å². The van der Waals surface area contributed by atoms with Gasteiger partial charge in [0.25, 0.3) is 10.0 Å². The van der Waals surface area contributed by atoms with Gasteiger partial charge in [-0.3, -0.25) is 0 Å². The van der Waals surface area contributed by atoms with Gasteiger partial charge in [-0.05, 0) is 42.5 Å². The zero-order valence-corrected chi connectivity index (χ0v) is 16.8. The molecule has 0 amide bonds. The second kappa shape index (κ2) is 8.01. The van der Waals surface area contributed by atoms with Gasteiger partial charge < -0.3 is 9.30 Å². The van der Waals surface area contributed by atoms with Crippen molar-refractivity contribution >= 4 is 43.0 Å². The van der Waals surface area contributed by atoms with Crippen molar-refractivity contribution in [2.24, 2.45) is 0 Å². The molecule has 7 nitrogen and oxygen atoms in total. The number of fused-ring (bicyclic) bond motifs is 1. The van der Waals surface area contributed by atoms with Crippen LogP contribution in [-0.4, -0.2) is 36.9 Å². The number of hydrogen-bond acceptors (Lipinski definition) is 6. The lowest BCUT2D eigenvalue weighted by atomic mass is 10.2. The average molecular weight is 415 g/mol. The van der Waals surface area contributed by atoms with Crippen molar-refractivity contribution in [3.63, 3.8) is 0 Å². The summed E-state index contributed by atoms with van der Waals surface area (Å²) in [6.45, 7) is 3.14. The summed E-state index contributed by atoms with van der Waals surface area (Å²) >= 11 is 7.25. The molecule has 0 saturated heterocycles. The Kier molecular flexibility index (Phi) is 5.93. The summed E-state index contributed by atoms with van der Waals surface area (Å²) in [6, 6.07) is 5.38. The Balaban J connectivity index is 1.78. The highest BCUT2D eigenvalue weighted by molar-refractivity contribution is 7.91. The third kappa shape index (κ3) is 4.07. The van der Waals surface area contributed by atoms with E-state index >= 15 is 0 Å². The van der Waals surface area contributed by atoms with E-state index in [0.717, 1.165) is 16.5 Å². The second-order valence-corrected chi connectivity index (χ2v) is 9.22. The standard InChI is InChI=1S/C16H19ClN4O3S2/c1-11-13-8-12(17)4-5-14(13)25-16(11)26(22,23)19-9-15-20-18-10-21(15)6-3-7-24-2/h4-5,8,10,19H,3,6-7,9H2,1-2H3. The van der Waals surface area contributed by atoms with Crippen molar-refractivity contribution < 1.29 is 13.2 Å². The van der Waals surface area contributed by atoms with Gasteiger partial charge >= 0.3 is 0 Å². The number of sulfonamides is 1. The molecule has 0 saturated carbocycles. The van der Waals surface area contributed by atoms with Crippen molar-refractivity contribution in [1.29, 1.82) is 0 Å². The fraction of sp³-hybridized carbons (Fsp3) is 0.375. The van der Waals surface area contributed by atoms with Crippen LogP contribution in [0.3, 0.4) is 0 Å². The number of halogens is 1. The van der Waals surface area contributed by atoms with Crippen LogP contribution in [0.4, 0.5) is 0 Å². The SMILES string of the molecule is COCCCn1cnnc1CNS(=O)(=O)c1sc2ccc(Cl)cc2c1C. The van der Waals surface area contributed by atoms with E-state index in [1.165, 1.54) is 11.3 Å². The van der Waals surface area contributed by atoms with E-state index in [-0.39, 0.29) is 6.54 Å². The van der Waals surface area contributed by atoms with E-state index in [9.17, 15) is 8.42 Å². The van der Waals surface area contributed by atoms with Crippen molar-refractivity contribution in [2.45, 2.75) is 30.6 Å². The minimum atomic E-state index is -3.66. The monoisotopic (exact) mass is 414 g/mol. The molecule has 0 spiro atoms.